The second-order valence-electron chi connectivity index (χ2n) is 8.87. The van der Waals surface area contributed by atoms with Crippen LogP contribution in [-0.4, -0.2) is 0 Å². The first-order chi connectivity index (χ1) is 12.0. The predicted octanol–water partition coefficient (Wildman–Crippen LogP) is 8.81. The standard InChI is InChI=1S/C25H35Cl/c1-14(2)21-10-19(11-22(15(3)4)18(21)9)20-12-23(16(5)6)25(26)24(13-20)17(7)8/h10-17H,1-9H3. The van der Waals surface area contributed by atoms with Gasteiger partial charge in [-0.05, 0) is 81.7 Å². The summed E-state index contributed by atoms with van der Waals surface area (Å²) in [5, 5.41) is 0.944. The fourth-order valence-corrected chi connectivity index (χ4v) is 4.35. The van der Waals surface area contributed by atoms with Gasteiger partial charge in [-0.15, -0.1) is 0 Å². The van der Waals surface area contributed by atoms with E-state index in [4.69, 9.17) is 11.6 Å². The van der Waals surface area contributed by atoms with Crippen LogP contribution in [0.2, 0.25) is 5.02 Å². The van der Waals surface area contributed by atoms with Crippen molar-refractivity contribution in [2.24, 2.45) is 0 Å². The minimum atomic E-state index is 0.416. The van der Waals surface area contributed by atoms with Crippen LogP contribution in [-0.2, 0) is 0 Å². The van der Waals surface area contributed by atoms with E-state index in [9.17, 15) is 0 Å². The third kappa shape index (κ3) is 4.17. The lowest BCUT2D eigenvalue weighted by Gasteiger charge is -2.22. The molecule has 0 saturated heterocycles. The molecule has 26 heavy (non-hydrogen) atoms. The van der Waals surface area contributed by atoms with Crippen LogP contribution in [0, 0.1) is 6.92 Å². The topological polar surface area (TPSA) is 0 Å². The summed E-state index contributed by atoms with van der Waals surface area (Å²) >= 11 is 6.75. The second-order valence-corrected chi connectivity index (χ2v) is 9.25. The van der Waals surface area contributed by atoms with E-state index in [0.717, 1.165) is 5.02 Å². The van der Waals surface area contributed by atoms with Gasteiger partial charge in [0.1, 0.15) is 0 Å². The van der Waals surface area contributed by atoms with E-state index in [1.165, 1.54) is 38.9 Å². The van der Waals surface area contributed by atoms with Crippen LogP contribution in [0.4, 0.5) is 0 Å². The molecule has 0 unspecified atom stereocenters. The molecule has 0 aliphatic carbocycles. The van der Waals surface area contributed by atoms with E-state index >= 15 is 0 Å². The Morgan fingerprint density at radius 1 is 0.538 bits per heavy atom. The van der Waals surface area contributed by atoms with E-state index in [1.807, 2.05) is 0 Å². The van der Waals surface area contributed by atoms with Crippen molar-refractivity contribution in [3.63, 3.8) is 0 Å². The minimum absolute atomic E-state index is 0.416. The molecule has 0 radical (unpaired) electrons. The summed E-state index contributed by atoms with van der Waals surface area (Å²) in [5.74, 6) is 1.88. The van der Waals surface area contributed by atoms with Gasteiger partial charge in [0.05, 0.1) is 0 Å². The van der Waals surface area contributed by atoms with Gasteiger partial charge in [-0.1, -0.05) is 79.1 Å². The molecule has 0 aliphatic rings. The molecule has 2 rings (SSSR count). The highest BCUT2D eigenvalue weighted by Crippen LogP contribution is 2.39. The number of halogens is 1. The molecule has 142 valence electrons. The van der Waals surface area contributed by atoms with Crippen molar-refractivity contribution in [2.75, 3.05) is 0 Å². The van der Waals surface area contributed by atoms with Crippen molar-refractivity contribution in [1.82, 2.24) is 0 Å². The van der Waals surface area contributed by atoms with Gasteiger partial charge in [-0.3, -0.25) is 0 Å². The van der Waals surface area contributed by atoms with Gasteiger partial charge in [0.15, 0.2) is 0 Å². The third-order valence-corrected chi connectivity index (χ3v) is 5.87. The maximum atomic E-state index is 6.75. The lowest BCUT2D eigenvalue weighted by molar-refractivity contribution is 0.817. The largest absolute Gasteiger partial charge is 0.0837 e. The highest BCUT2D eigenvalue weighted by atomic mass is 35.5. The van der Waals surface area contributed by atoms with Crippen molar-refractivity contribution in [1.29, 1.82) is 0 Å². The number of hydrogen-bond acceptors (Lipinski definition) is 0. The first-order valence-corrected chi connectivity index (χ1v) is 10.4. The Bertz CT molecular complexity index is 653. The normalized spacial score (nSPS) is 12.1. The molecular formula is C25H35Cl. The number of rotatable bonds is 5. The Labute approximate surface area is 166 Å². The van der Waals surface area contributed by atoms with Gasteiger partial charge in [0.2, 0.25) is 0 Å². The summed E-state index contributed by atoms with van der Waals surface area (Å²) < 4.78 is 0. The van der Waals surface area contributed by atoms with Gasteiger partial charge < -0.3 is 0 Å². The molecule has 0 spiro atoms. The maximum absolute atomic E-state index is 6.75. The van der Waals surface area contributed by atoms with Crippen LogP contribution in [0.3, 0.4) is 0 Å². The molecule has 0 heterocycles. The first kappa shape index (κ1) is 21.0. The SMILES string of the molecule is Cc1c(C(C)C)cc(-c2cc(C(C)C)c(Cl)c(C(C)C)c2)cc1C(C)C. The molecule has 0 nitrogen and oxygen atoms in total. The Morgan fingerprint density at radius 2 is 0.808 bits per heavy atom. The molecule has 0 saturated carbocycles. The molecule has 2 aromatic carbocycles. The second kappa shape index (κ2) is 8.17. The van der Waals surface area contributed by atoms with Gasteiger partial charge in [-0.25, -0.2) is 0 Å². The van der Waals surface area contributed by atoms with Gasteiger partial charge >= 0.3 is 0 Å². The monoisotopic (exact) mass is 370 g/mol. The van der Waals surface area contributed by atoms with Crippen molar-refractivity contribution in [2.45, 2.75) is 86.0 Å². The average molecular weight is 371 g/mol. The predicted molar refractivity (Wildman–Crippen MR) is 118 cm³/mol. The summed E-state index contributed by atoms with van der Waals surface area (Å²) in [6, 6.07) is 9.39. The van der Waals surface area contributed by atoms with Gasteiger partial charge in [-0.2, -0.15) is 0 Å². The zero-order valence-electron chi connectivity index (χ0n) is 18.0. The number of benzene rings is 2. The summed E-state index contributed by atoms with van der Waals surface area (Å²) in [4.78, 5) is 0. The molecule has 0 amide bonds. The highest BCUT2D eigenvalue weighted by molar-refractivity contribution is 6.32. The van der Waals surface area contributed by atoms with Crippen LogP contribution in [0.15, 0.2) is 24.3 Å². The van der Waals surface area contributed by atoms with Gasteiger partial charge in [0, 0.05) is 5.02 Å². The summed E-state index contributed by atoms with van der Waals surface area (Å²) in [5.41, 5.74) is 9.49. The van der Waals surface area contributed by atoms with E-state index in [1.54, 1.807) is 0 Å². The smallest absolute Gasteiger partial charge is 0.0475 e. The van der Waals surface area contributed by atoms with Crippen LogP contribution >= 0.6 is 11.6 Å². The molecule has 0 bridgehead atoms. The first-order valence-electron chi connectivity index (χ1n) is 10.0. The van der Waals surface area contributed by atoms with Crippen molar-refractivity contribution in [3.8, 4) is 11.1 Å². The molecular weight excluding hydrogens is 336 g/mol. The van der Waals surface area contributed by atoms with Crippen LogP contribution in [0.25, 0.3) is 11.1 Å². The van der Waals surface area contributed by atoms with E-state index in [2.05, 4.69) is 86.6 Å². The van der Waals surface area contributed by atoms with Crippen molar-refractivity contribution >= 4 is 11.6 Å². The zero-order chi connectivity index (χ0) is 19.8. The van der Waals surface area contributed by atoms with Crippen molar-refractivity contribution < 1.29 is 0 Å². The Kier molecular flexibility index (Phi) is 6.61. The molecule has 0 aromatic heterocycles. The van der Waals surface area contributed by atoms with E-state index in [-0.39, 0.29) is 0 Å². The Balaban J connectivity index is 2.79. The lowest BCUT2D eigenvalue weighted by Crippen LogP contribution is -2.02. The van der Waals surface area contributed by atoms with Gasteiger partial charge in [0.25, 0.3) is 0 Å². The molecule has 0 fully saturated rings. The zero-order valence-corrected chi connectivity index (χ0v) is 18.8. The Morgan fingerprint density at radius 3 is 1.08 bits per heavy atom. The van der Waals surface area contributed by atoms with Crippen LogP contribution in [0.1, 0.15) is 107 Å². The average Bonchev–Trinajstić information content (AvgIpc) is 2.54. The molecule has 1 heteroatoms. The number of hydrogen-bond donors (Lipinski definition) is 0. The maximum Gasteiger partial charge on any atom is 0.0475 e. The summed E-state index contributed by atoms with van der Waals surface area (Å²) in [6.45, 7) is 20.3. The molecule has 0 N–H and O–H groups in total. The summed E-state index contributed by atoms with van der Waals surface area (Å²) in [7, 11) is 0. The molecule has 0 atom stereocenters. The molecule has 2 aromatic rings. The third-order valence-electron chi connectivity index (χ3n) is 5.44. The van der Waals surface area contributed by atoms with Crippen LogP contribution < -0.4 is 0 Å². The quantitative estimate of drug-likeness (QED) is 0.493. The summed E-state index contributed by atoms with van der Waals surface area (Å²) in [6.07, 6.45) is 0. The minimum Gasteiger partial charge on any atom is -0.0837 e. The fraction of sp³-hybridized carbons (Fsp3) is 0.520. The van der Waals surface area contributed by atoms with Crippen LogP contribution in [0.5, 0.6) is 0 Å². The lowest BCUT2D eigenvalue weighted by atomic mass is 9.84. The Hall–Kier alpha value is -1.27. The molecule has 0 aliphatic heterocycles. The highest BCUT2D eigenvalue weighted by Gasteiger charge is 2.18. The van der Waals surface area contributed by atoms with E-state index in [0.29, 0.717) is 23.7 Å². The fourth-order valence-electron chi connectivity index (χ4n) is 3.80. The van der Waals surface area contributed by atoms with Crippen molar-refractivity contribution in [3.05, 3.63) is 57.1 Å². The van der Waals surface area contributed by atoms with E-state index < -0.39 is 0 Å².